The Hall–Kier alpha value is -1.01. The van der Waals surface area contributed by atoms with Crippen LogP contribution in [-0.2, 0) is 15.6 Å². The van der Waals surface area contributed by atoms with Crippen LogP contribution in [0, 0.1) is 11.6 Å². The van der Waals surface area contributed by atoms with Crippen LogP contribution in [0.5, 0.6) is 0 Å². The van der Waals surface area contributed by atoms with Crippen molar-refractivity contribution in [3.8, 4) is 0 Å². The van der Waals surface area contributed by atoms with Crippen LogP contribution in [0.25, 0.3) is 0 Å². The highest BCUT2D eigenvalue weighted by Gasteiger charge is 2.14. The molecule has 0 saturated heterocycles. The van der Waals surface area contributed by atoms with Crippen LogP contribution in [-0.4, -0.2) is 20.2 Å². The Balaban J connectivity index is 2.76. The van der Waals surface area contributed by atoms with E-state index in [2.05, 4.69) is 0 Å². The zero-order valence-electron chi connectivity index (χ0n) is 9.49. The van der Waals surface area contributed by atoms with Crippen LogP contribution in [0.15, 0.2) is 18.2 Å². The summed E-state index contributed by atoms with van der Waals surface area (Å²) in [7, 11) is -3.38. The fraction of sp³-hybridized carbons (Fsp3) is 0.455. The molecule has 0 amide bonds. The van der Waals surface area contributed by atoms with Gasteiger partial charge in [0.05, 0.1) is 11.5 Å². The minimum Gasteiger partial charge on any atom is -0.328 e. The number of rotatable bonds is 5. The van der Waals surface area contributed by atoms with Gasteiger partial charge in [-0.05, 0) is 31.0 Å². The Labute approximate surface area is 99.6 Å². The summed E-state index contributed by atoms with van der Waals surface area (Å²) in [5.74, 6) is -2.00. The second kappa shape index (κ2) is 5.55. The maximum absolute atomic E-state index is 12.9. The molecule has 0 saturated carbocycles. The average Bonchev–Trinajstić information content (AvgIpc) is 2.12. The van der Waals surface area contributed by atoms with Crippen molar-refractivity contribution in [2.24, 2.45) is 5.73 Å². The predicted molar refractivity (Wildman–Crippen MR) is 62.1 cm³/mol. The highest BCUT2D eigenvalue weighted by atomic mass is 32.2. The van der Waals surface area contributed by atoms with Crippen LogP contribution in [0.2, 0.25) is 0 Å². The molecule has 1 rings (SSSR count). The van der Waals surface area contributed by atoms with Gasteiger partial charge in [-0.25, -0.2) is 17.2 Å². The minimum absolute atomic E-state index is 0.0806. The smallest absolute Gasteiger partial charge is 0.154 e. The summed E-state index contributed by atoms with van der Waals surface area (Å²) in [5.41, 5.74) is 5.57. The van der Waals surface area contributed by atoms with Crippen molar-refractivity contribution in [1.82, 2.24) is 0 Å². The third-order valence-electron chi connectivity index (χ3n) is 2.19. The quantitative estimate of drug-likeness (QED) is 0.878. The van der Waals surface area contributed by atoms with Crippen molar-refractivity contribution in [2.75, 3.05) is 5.75 Å². The molecule has 0 aliphatic heterocycles. The van der Waals surface area contributed by atoms with Crippen molar-refractivity contribution < 1.29 is 17.2 Å². The first kappa shape index (κ1) is 14.1. The Morgan fingerprint density at radius 1 is 1.24 bits per heavy atom. The van der Waals surface area contributed by atoms with Gasteiger partial charge in [0.15, 0.2) is 9.84 Å². The summed E-state index contributed by atoms with van der Waals surface area (Å²) in [5, 5.41) is 0. The maximum atomic E-state index is 12.9. The first-order valence-electron chi connectivity index (χ1n) is 5.19. The molecule has 0 fully saturated rings. The van der Waals surface area contributed by atoms with E-state index in [0.29, 0.717) is 12.5 Å². The van der Waals surface area contributed by atoms with Crippen molar-refractivity contribution in [2.45, 2.75) is 25.1 Å². The highest BCUT2D eigenvalue weighted by molar-refractivity contribution is 7.90. The van der Waals surface area contributed by atoms with Gasteiger partial charge in [0.1, 0.15) is 11.6 Å². The van der Waals surface area contributed by atoms with Gasteiger partial charge in [0.2, 0.25) is 0 Å². The number of sulfone groups is 1. The molecule has 17 heavy (non-hydrogen) atoms. The Morgan fingerprint density at radius 3 is 2.24 bits per heavy atom. The van der Waals surface area contributed by atoms with Crippen molar-refractivity contribution >= 4 is 9.84 Å². The van der Waals surface area contributed by atoms with Crippen LogP contribution < -0.4 is 5.73 Å². The summed E-state index contributed by atoms with van der Waals surface area (Å²) >= 11 is 0. The lowest BCUT2D eigenvalue weighted by Crippen LogP contribution is -2.20. The molecular weight excluding hydrogens is 248 g/mol. The monoisotopic (exact) mass is 263 g/mol. The van der Waals surface area contributed by atoms with Crippen LogP contribution in [0.4, 0.5) is 8.78 Å². The molecular formula is C11H15F2NO2S. The van der Waals surface area contributed by atoms with E-state index < -0.39 is 21.5 Å². The highest BCUT2D eigenvalue weighted by Crippen LogP contribution is 2.12. The molecule has 0 bridgehead atoms. The van der Waals surface area contributed by atoms with E-state index in [-0.39, 0.29) is 23.1 Å². The average molecular weight is 263 g/mol. The molecule has 0 heterocycles. The van der Waals surface area contributed by atoms with E-state index in [1.54, 1.807) is 6.92 Å². The second-order valence-corrected chi connectivity index (χ2v) is 6.32. The lowest BCUT2D eigenvalue weighted by molar-refractivity contribution is 0.577. The molecule has 1 aromatic carbocycles. The lowest BCUT2D eigenvalue weighted by atomic mass is 10.2. The van der Waals surface area contributed by atoms with Crippen LogP contribution >= 0.6 is 0 Å². The summed E-state index contributed by atoms with van der Waals surface area (Å²) in [6.45, 7) is 1.71. The number of hydrogen-bond donors (Lipinski definition) is 1. The van der Waals surface area contributed by atoms with E-state index in [9.17, 15) is 17.2 Å². The molecule has 0 spiro atoms. The first-order valence-corrected chi connectivity index (χ1v) is 7.01. The van der Waals surface area contributed by atoms with Crippen molar-refractivity contribution in [1.29, 1.82) is 0 Å². The van der Waals surface area contributed by atoms with Crippen LogP contribution in [0.3, 0.4) is 0 Å². The number of benzene rings is 1. The van der Waals surface area contributed by atoms with Gasteiger partial charge in [0.25, 0.3) is 0 Å². The van der Waals surface area contributed by atoms with E-state index in [1.165, 1.54) is 0 Å². The van der Waals surface area contributed by atoms with Gasteiger partial charge < -0.3 is 5.73 Å². The normalized spacial score (nSPS) is 13.6. The number of halogens is 2. The molecule has 2 N–H and O–H groups in total. The molecule has 1 unspecified atom stereocenters. The largest absolute Gasteiger partial charge is 0.328 e. The standard InChI is InChI=1S/C11H15F2NO2S/c1-8(14)2-3-17(15,16)7-9-4-10(12)6-11(13)5-9/h4-6,8H,2-3,7,14H2,1H3. The van der Waals surface area contributed by atoms with Gasteiger partial charge in [-0.2, -0.15) is 0 Å². The summed E-state index contributed by atoms with van der Waals surface area (Å²) in [6, 6.07) is 2.53. The second-order valence-electron chi connectivity index (χ2n) is 4.14. The lowest BCUT2D eigenvalue weighted by Gasteiger charge is -2.07. The fourth-order valence-corrected chi connectivity index (χ4v) is 2.94. The number of nitrogens with two attached hydrogens (primary N) is 1. The zero-order valence-corrected chi connectivity index (χ0v) is 10.3. The Kier molecular flexibility index (Phi) is 4.59. The molecule has 96 valence electrons. The van der Waals surface area contributed by atoms with Gasteiger partial charge >= 0.3 is 0 Å². The maximum Gasteiger partial charge on any atom is 0.154 e. The Bertz CT molecular complexity index is 466. The predicted octanol–water partition coefficient (Wildman–Crippen LogP) is 1.62. The van der Waals surface area contributed by atoms with E-state index in [4.69, 9.17) is 5.73 Å². The van der Waals surface area contributed by atoms with E-state index in [1.807, 2.05) is 0 Å². The van der Waals surface area contributed by atoms with E-state index >= 15 is 0 Å². The molecule has 1 aromatic rings. The van der Waals surface area contributed by atoms with E-state index in [0.717, 1.165) is 12.1 Å². The van der Waals surface area contributed by atoms with Gasteiger partial charge in [-0.15, -0.1) is 0 Å². The Morgan fingerprint density at radius 2 is 1.76 bits per heavy atom. The third kappa shape index (κ3) is 5.23. The molecule has 0 aliphatic rings. The summed E-state index contributed by atoms with van der Waals surface area (Å²) in [4.78, 5) is 0. The van der Waals surface area contributed by atoms with Gasteiger partial charge in [0, 0.05) is 12.1 Å². The van der Waals surface area contributed by atoms with Gasteiger partial charge in [-0.3, -0.25) is 0 Å². The molecule has 1 atom stereocenters. The van der Waals surface area contributed by atoms with Crippen molar-refractivity contribution in [3.63, 3.8) is 0 Å². The number of hydrogen-bond acceptors (Lipinski definition) is 3. The molecule has 0 aromatic heterocycles. The molecule has 0 radical (unpaired) electrons. The topological polar surface area (TPSA) is 60.2 Å². The summed E-state index contributed by atoms with van der Waals surface area (Å²) in [6.07, 6.45) is 0.333. The molecule has 3 nitrogen and oxygen atoms in total. The third-order valence-corrected chi connectivity index (χ3v) is 3.82. The summed E-state index contributed by atoms with van der Waals surface area (Å²) < 4.78 is 49.0. The SMILES string of the molecule is CC(N)CCS(=O)(=O)Cc1cc(F)cc(F)c1. The molecule has 0 aliphatic carbocycles. The van der Waals surface area contributed by atoms with Crippen LogP contribution in [0.1, 0.15) is 18.9 Å². The minimum atomic E-state index is -3.38. The first-order chi connectivity index (χ1) is 7.78. The zero-order chi connectivity index (χ0) is 13.1. The molecule has 6 heteroatoms. The fourth-order valence-electron chi connectivity index (χ4n) is 1.39. The van der Waals surface area contributed by atoms with Gasteiger partial charge in [-0.1, -0.05) is 0 Å². The van der Waals surface area contributed by atoms with Crippen molar-refractivity contribution in [3.05, 3.63) is 35.4 Å².